The average molecular weight is 508 g/mol. The Labute approximate surface area is 218 Å². The second-order valence-electron chi connectivity index (χ2n) is 8.37. The first-order valence-electron chi connectivity index (χ1n) is 12.2. The monoisotopic (exact) mass is 506 g/mol. The van der Waals surface area contributed by atoms with Crippen LogP contribution in [0.2, 0.25) is 10.0 Å². The van der Waals surface area contributed by atoms with Crippen molar-refractivity contribution in [3.8, 4) is 33.9 Å². The van der Waals surface area contributed by atoms with Gasteiger partial charge in [-0.2, -0.15) is 0 Å². The summed E-state index contributed by atoms with van der Waals surface area (Å²) in [7, 11) is 0. The van der Waals surface area contributed by atoms with E-state index in [4.69, 9.17) is 28.2 Å². The van der Waals surface area contributed by atoms with Crippen LogP contribution >= 0.6 is 23.2 Å². The molecule has 4 rings (SSSR count). The number of benzene rings is 3. The van der Waals surface area contributed by atoms with Gasteiger partial charge in [-0.15, -0.1) is 0 Å². The van der Waals surface area contributed by atoms with Gasteiger partial charge in [-0.25, -0.2) is 4.98 Å². The number of nitrogens with one attached hydrogen (secondary N) is 1. The molecule has 0 aliphatic heterocycles. The normalized spacial score (nSPS) is 11.0. The first-order valence-corrected chi connectivity index (χ1v) is 13.0. The summed E-state index contributed by atoms with van der Waals surface area (Å²) in [5.74, 6) is 0.720. The van der Waals surface area contributed by atoms with E-state index in [-0.39, 0.29) is 0 Å². The van der Waals surface area contributed by atoms with Crippen LogP contribution in [-0.2, 0) is 0 Å². The molecule has 0 aliphatic rings. The highest BCUT2D eigenvalue weighted by Crippen LogP contribution is 2.37. The maximum Gasteiger partial charge on any atom is 0.140 e. The molecule has 0 saturated heterocycles. The van der Waals surface area contributed by atoms with E-state index in [9.17, 15) is 0 Å². The number of aromatic nitrogens is 2. The number of nitrogens with zero attached hydrogens (tertiary/aromatic N) is 3. The Morgan fingerprint density at radius 2 is 1.20 bits per heavy atom. The molecule has 0 saturated carbocycles. The number of hydrogen-bond donors (Lipinski definition) is 1. The van der Waals surface area contributed by atoms with Gasteiger partial charge in [0.05, 0.1) is 16.4 Å². The lowest BCUT2D eigenvalue weighted by molar-refractivity contribution is 0.866. The van der Waals surface area contributed by atoms with Crippen LogP contribution in [0.25, 0.3) is 33.9 Å². The van der Waals surface area contributed by atoms with Gasteiger partial charge in [0, 0.05) is 59.3 Å². The van der Waals surface area contributed by atoms with Crippen molar-refractivity contribution in [1.82, 2.24) is 9.97 Å². The van der Waals surface area contributed by atoms with Gasteiger partial charge in [0.15, 0.2) is 0 Å². The molecule has 0 aliphatic carbocycles. The van der Waals surface area contributed by atoms with Crippen LogP contribution in [0.1, 0.15) is 27.7 Å². The lowest BCUT2D eigenvalue weighted by atomic mass is 10.0. The molecule has 1 aromatic heterocycles. The van der Waals surface area contributed by atoms with Crippen LogP contribution in [0.15, 0.2) is 66.7 Å². The minimum atomic E-state index is 0.568. The van der Waals surface area contributed by atoms with Gasteiger partial charge in [0.1, 0.15) is 5.82 Å². The fraction of sp³-hybridized carbons (Fsp3) is 0.276. The summed E-state index contributed by atoms with van der Waals surface area (Å²) in [5, 5.41) is 1.17. The number of halogens is 2. The Hall–Kier alpha value is -2.95. The highest BCUT2D eigenvalue weighted by atomic mass is 35.5. The zero-order valence-corrected chi connectivity index (χ0v) is 22.3. The lowest BCUT2D eigenvalue weighted by Crippen LogP contribution is -2.21. The van der Waals surface area contributed by atoms with E-state index in [0.29, 0.717) is 10.0 Å². The molecule has 0 fully saturated rings. The second-order valence-corrected chi connectivity index (χ2v) is 9.22. The van der Waals surface area contributed by atoms with E-state index >= 15 is 0 Å². The summed E-state index contributed by atoms with van der Waals surface area (Å²) in [4.78, 5) is 13.2. The van der Waals surface area contributed by atoms with Crippen molar-refractivity contribution in [2.45, 2.75) is 27.7 Å². The molecule has 0 radical (unpaired) electrons. The highest BCUT2D eigenvalue weighted by Gasteiger charge is 2.18. The van der Waals surface area contributed by atoms with E-state index < -0.39 is 0 Å². The maximum absolute atomic E-state index is 6.54. The molecule has 3 aromatic carbocycles. The summed E-state index contributed by atoms with van der Waals surface area (Å²) in [6, 6.07) is 22.8. The Bertz CT molecular complexity index is 1180. The van der Waals surface area contributed by atoms with Crippen molar-refractivity contribution in [2.75, 3.05) is 36.0 Å². The van der Waals surface area contributed by atoms with Crippen molar-refractivity contribution < 1.29 is 0 Å². The van der Waals surface area contributed by atoms with Gasteiger partial charge < -0.3 is 14.8 Å². The summed E-state index contributed by atoms with van der Waals surface area (Å²) in [6.07, 6.45) is 0. The molecular weight excluding hydrogens is 475 g/mol. The fourth-order valence-electron chi connectivity index (χ4n) is 4.45. The average Bonchev–Trinajstić information content (AvgIpc) is 3.31. The van der Waals surface area contributed by atoms with Crippen molar-refractivity contribution in [3.63, 3.8) is 0 Å². The fourth-order valence-corrected chi connectivity index (χ4v) is 4.94. The lowest BCUT2D eigenvalue weighted by Gasteiger charge is -2.21. The van der Waals surface area contributed by atoms with Crippen LogP contribution in [0.5, 0.6) is 0 Å². The summed E-state index contributed by atoms with van der Waals surface area (Å²) in [6.45, 7) is 12.6. The molecule has 0 bridgehead atoms. The van der Waals surface area contributed by atoms with Crippen LogP contribution in [0, 0.1) is 0 Å². The van der Waals surface area contributed by atoms with E-state index in [2.05, 4.69) is 91.0 Å². The predicted octanol–water partition coefficient (Wildman–Crippen LogP) is 8.41. The molecule has 6 heteroatoms. The molecule has 1 N–H and O–H groups in total. The number of hydrogen-bond acceptors (Lipinski definition) is 3. The highest BCUT2D eigenvalue weighted by molar-refractivity contribution is 6.36. The zero-order valence-electron chi connectivity index (χ0n) is 20.8. The number of imidazole rings is 1. The van der Waals surface area contributed by atoms with Gasteiger partial charge >= 0.3 is 0 Å². The van der Waals surface area contributed by atoms with Crippen molar-refractivity contribution >= 4 is 34.6 Å². The molecule has 0 spiro atoms. The Morgan fingerprint density at radius 3 is 1.69 bits per heavy atom. The molecule has 4 aromatic rings. The Balaban J connectivity index is 1.81. The van der Waals surface area contributed by atoms with Gasteiger partial charge in [-0.3, -0.25) is 0 Å². The third-order valence-electron chi connectivity index (χ3n) is 6.44. The Kier molecular flexibility index (Phi) is 8.04. The Morgan fingerprint density at radius 1 is 0.686 bits per heavy atom. The van der Waals surface area contributed by atoms with E-state index in [0.717, 1.165) is 60.1 Å². The van der Waals surface area contributed by atoms with E-state index in [1.165, 1.54) is 11.4 Å². The number of anilines is 2. The first kappa shape index (κ1) is 25.2. The number of rotatable bonds is 9. The standard InChI is InChI=1S/C29H32Cl2N4/c1-5-34(6-2)23-14-9-20(10-15-23)27-28(21-11-16-24(17-12-21)35(7-3)8-4)33-29(32-27)25-18-13-22(30)19-26(25)31/h9-19H,5-8H2,1-4H3,(H,32,33). The quantitative estimate of drug-likeness (QED) is 0.247. The molecule has 1 heterocycles. The SMILES string of the molecule is CCN(CC)c1ccc(-c2nc(-c3ccc(Cl)cc3Cl)[nH]c2-c2ccc(N(CC)CC)cc2)cc1. The van der Waals surface area contributed by atoms with Crippen molar-refractivity contribution in [2.24, 2.45) is 0 Å². The van der Waals surface area contributed by atoms with Crippen LogP contribution < -0.4 is 9.80 Å². The molecule has 0 amide bonds. The van der Waals surface area contributed by atoms with Crippen molar-refractivity contribution in [1.29, 1.82) is 0 Å². The summed E-state index contributed by atoms with van der Waals surface area (Å²) in [5.41, 5.74) is 7.23. The van der Waals surface area contributed by atoms with E-state index in [1.807, 2.05) is 12.1 Å². The molecule has 35 heavy (non-hydrogen) atoms. The third kappa shape index (κ3) is 5.34. The number of H-pyrrole nitrogens is 1. The van der Waals surface area contributed by atoms with Gasteiger partial charge in [-0.05, 0) is 70.2 Å². The molecular formula is C29H32Cl2N4. The minimum absolute atomic E-state index is 0.568. The molecule has 0 atom stereocenters. The predicted molar refractivity (Wildman–Crippen MR) is 152 cm³/mol. The number of aromatic amines is 1. The first-order chi connectivity index (χ1) is 17.0. The maximum atomic E-state index is 6.54. The zero-order chi connectivity index (χ0) is 24.9. The van der Waals surface area contributed by atoms with Crippen LogP contribution in [0.3, 0.4) is 0 Å². The van der Waals surface area contributed by atoms with Gasteiger partial charge in [0.25, 0.3) is 0 Å². The molecule has 4 nitrogen and oxygen atoms in total. The summed E-state index contributed by atoms with van der Waals surface area (Å²) < 4.78 is 0. The van der Waals surface area contributed by atoms with Crippen LogP contribution in [-0.4, -0.2) is 36.1 Å². The second kappa shape index (κ2) is 11.2. The van der Waals surface area contributed by atoms with E-state index in [1.54, 1.807) is 6.07 Å². The smallest absolute Gasteiger partial charge is 0.140 e. The minimum Gasteiger partial charge on any atom is -0.372 e. The topological polar surface area (TPSA) is 35.2 Å². The van der Waals surface area contributed by atoms with Crippen LogP contribution in [0.4, 0.5) is 11.4 Å². The summed E-state index contributed by atoms with van der Waals surface area (Å²) >= 11 is 12.7. The molecule has 0 unspecified atom stereocenters. The third-order valence-corrected chi connectivity index (χ3v) is 6.99. The largest absolute Gasteiger partial charge is 0.372 e. The molecule has 182 valence electrons. The van der Waals surface area contributed by atoms with Gasteiger partial charge in [-0.1, -0.05) is 47.5 Å². The van der Waals surface area contributed by atoms with Gasteiger partial charge in [0.2, 0.25) is 0 Å². The van der Waals surface area contributed by atoms with Crippen molar-refractivity contribution in [3.05, 3.63) is 76.8 Å².